The number of sulfonamides is 1. The lowest BCUT2D eigenvalue weighted by molar-refractivity contribution is 0.594. The number of aromatic nitrogens is 4. The van der Waals surface area contributed by atoms with Gasteiger partial charge in [-0.15, -0.1) is 0 Å². The molecule has 2 aromatic rings. The molecule has 0 spiro atoms. The van der Waals surface area contributed by atoms with Crippen LogP contribution in [0.3, 0.4) is 0 Å². The Bertz CT molecular complexity index is 667. The van der Waals surface area contributed by atoms with E-state index in [1.165, 1.54) is 18.7 Å². The van der Waals surface area contributed by atoms with E-state index >= 15 is 0 Å². The van der Waals surface area contributed by atoms with Gasteiger partial charge in [-0.3, -0.25) is 9.82 Å². The predicted molar refractivity (Wildman–Crippen MR) is 73.5 cm³/mol. The third kappa shape index (κ3) is 3.11. The zero-order chi connectivity index (χ0) is 14.6. The molecule has 0 unspecified atom stereocenters. The monoisotopic (exact) mass is 296 g/mol. The Hall–Kier alpha value is -2.00. The topological polar surface area (TPSA) is 113 Å². The SMILES string of the molecule is CCNCc1c(S(=O)(=O)Nc2cncnc2)n[nH]c1C. The van der Waals surface area contributed by atoms with Crippen molar-refractivity contribution in [3.05, 3.63) is 30.0 Å². The molecule has 108 valence electrons. The molecule has 0 bridgehead atoms. The largest absolute Gasteiger partial charge is 0.313 e. The molecule has 0 saturated heterocycles. The van der Waals surface area contributed by atoms with Crippen molar-refractivity contribution in [2.45, 2.75) is 25.4 Å². The Morgan fingerprint density at radius 3 is 2.65 bits per heavy atom. The molecule has 0 aromatic carbocycles. The van der Waals surface area contributed by atoms with Crippen LogP contribution in [0, 0.1) is 6.92 Å². The number of nitrogens with one attached hydrogen (secondary N) is 3. The second-order valence-electron chi connectivity index (χ2n) is 4.15. The standard InChI is InChI=1S/C11H16N6O2S/c1-3-12-6-10-8(2)15-16-11(10)20(18,19)17-9-4-13-7-14-5-9/h4-5,7,12,17H,3,6H2,1-2H3,(H,15,16). The van der Waals surface area contributed by atoms with Gasteiger partial charge in [0.15, 0.2) is 0 Å². The molecule has 2 heterocycles. The quantitative estimate of drug-likeness (QED) is 0.712. The molecular formula is C11H16N6O2S. The number of nitrogens with zero attached hydrogens (tertiary/aromatic N) is 3. The molecule has 2 aromatic heterocycles. The fourth-order valence-corrected chi connectivity index (χ4v) is 2.89. The summed E-state index contributed by atoms with van der Waals surface area (Å²) in [5, 5.41) is 9.65. The van der Waals surface area contributed by atoms with Gasteiger partial charge in [0.05, 0.1) is 18.1 Å². The molecule has 0 fully saturated rings. The molecule has 0 atom stereocenters. The van der Waals surface area contributed by atoms with E-state index < -0.39 is 10.0 Å². The van der Waals surface area contributed by atoms with Crippen LogP contribution in [0.1, 0.15) is 18.2 Å². The van der Waals surface area contributed by atoms with Gasteiger partial charge >= 0.3 is 0 Å². The Morgan fingerprint density at radius 2 is 2.00 bits per heavy atom. The maximum atomic E-state index is 12.3. The highest BCUT2D eigenvalue weighted by Crippen LogP contribution is 2.19. The van der Waals surface area contributed by atoms with E-state index in [1.54, 1.807) is 6.92 Å². The maximum absolute atomic E-state index is 12.3. The van der Waals surface area contributed by atoms with Crippen LogP contribution in [0.5, 0.6) is 0 Å². The lowest BCUT2D eigenvalue weighted by Gasteiger charge is -2.07. The van der Waals surface area contributed by atoms with E-state index in [0.717, 1.165) is 12.2 Å². The molecule has 2 rings (SSSR count). The number of rotatable bonds is 6. The summed E-state index contributed by atoms with van der Waals surface area (Å²) in [6, 6.07) is 0. The van der Waals surface area contributed by atoms with Crippen LogP contribution in [0.15, 0.2) is 23.7 Å². The number of hydrogen-bond acceptors (Lipinski definition) is 6. The first-order valence-electron chi connectivity index (χ1n) is 6.07. The number of hydrogen-bond donors (Lipinski definition) is 3. The van der Waals surface area contributed by atoms with Gasteiger partial charge in [-0.2, -0.15) is 13.5 Å². The van der Waals surface area contributed by atoms with E-state index in [2.05, 4.69) is 30.2 Å². The second kappa shape index (κ2) is 5.97. The molecule has 8 nitrogen and oxygen atoms in total. The number of anilines is 1. The van der Waals surface area contributed by atoms with Gasteiger partial charge in [0.2, 0.25) is 5.03 Å². The average molecular weight is 296 g/mol. The zero-order valence-electron chi connectivity index (χ0n) is 11.2. The first-order chi connectivity index (χ1) is 9.54. The molecule has 20 heavy (non-hydrogen) atoms. The average Bonchev–Trinajstić information content (AvgIpc) is 2.79. The minimum Gasteiger partial charge on any atom is -0.313 e. The summed E-state index contributed by atoms with van der Waals surface area (Å²) in [7, 11) is -3.77. The molecule has 0 saturated carbocycles. The van der Waals surface area contributed by atoms with Gasteiger partial charge in [0, 0.05) is 17.8 Å². The Labute approximate surface area is 117 Å². The predicted octanol–water partition coefficient (Wildman–Crippen LogP) is 0.418. The summed E-state index contributed by atoms with van der Waals surface area (Å²) in [6.07, 6.45) is 4.09. The number of H-pyrrole nitrogens is 1. The summed E-state index contributed by atoms with van der Waals surface area (Å²) in [5.41, 5.74) is 1.63. The van der Waals surface area contributed by atoms with Crippen molar-refractivity contribution < 1.29 is 8.42 Å². The number of aryl methyl sites for hydroxylation is 1. The first-order valence-corrected chi connectivity index (χ1v) is 7.55. The van der Waals surface area contributed by atoms with Gasteiger partial charge in [-0.25, -0.2) is 9.97 Å². The highest BCUT2D eigenvalue weighted by atomic mass is 32.2. The summed E-state index contributed by atoms with van der Waals surface area (Å²) >= 11 is 0. The Balaban J connectivity index is 2.30. The molecular weight excluding hydrogens is 280 g/mol. The van der Waals surface area contributed by atoms with Crippen LogP contribution < -0.4 is 10.0 Å². The van der Waals surface area contributed by atoms with Crippen molar-refractivity contribution in [3.8, 4) is 0 Å². The minimum atomic E-state index is -3.77. The Morgan fingerprint density at radius 1 is 1.30 bits per heavy atom. The summed E-state index contributed by atoms with van der Waals surface area (Å²) in [6.45, 7) is 4.90. The van der Waals surface area contributed by atoms with Crippen molar-refractivity contribution in [2.75, 3.05) is 11.3 Å². The molecule has 0 amide bonds. The van der Waals surface area contributed by atoms with E-state index in [1.807, 2.05) is 6.92 Å². The van der Waals surface area contributed by atoms with Crippen LogP contribution in [0.4, 0.5) is 5.69 Å². The zero-order valence-corrected chi connectivity index (χ0v) is 12.0. The third-order valence-corrected chi connectivity index (χ3v) is 4.01. The third-order valence-electron chi connectivity index (χ3n) is 2.66. The van der Waals surface area contributed by atoms with Crippen molar-refractivity contribution in [1.82, 2.24) is 25.5 Å². The molecule has 0 aliphatic carbocycles. The fraction of sp³-hybridized carbons (Fsp3) is 0.364. The smallest absolute Gasteiger partial charge is 0.281 e. The molecule has 0 aliphatic heterocycles. The minimum absolute atomic E-state index is 0.0141. The van der Waals surface area contributed by atoms with Gasteiger partial charge in [0.1, 0.15) is 6.33 Å². The molecule has 9 heteroatoms. The molecule has 3 N–H and O–H groups in total. The second-order valence-corrected chi connectivity index (χ2v) is 5.74. The van der Waals surface area contributed by atoms with Crippen LogP contribution in [0.25, 0.3) is 0 Å². The highest BCUT2D eigenvalue weighted by Gasteiger charge is 2.23. The summed E-state index contributed by atoms with van der Waals surface area (Å²) in [4.78, 5) is 7.52. The van der Waals surface area contributed by atoms with Gasteiger partial charge in [-0.1, -0.05) is 6.92 Å². The van der Waals surface area contributed by atoms with Crippen LogP contribution in [0.2, 0.25) is 0 Å². The summed E-state index contributed by atoms with van der Waals surface area (Å²) < 4.78 is 27.0. The first kappa shape index (κ1) is 14.4. The number of aromatic amines is 1. The molecule has 0 radical (unpaired) electrons. The van der Waals surface area contributed by atoms with Crippen molar-refractivity contribution in [2.24, 2.45) is 0 Å². The summed E-state index contributed by atoms with van der Waals surface area (Å²) in [5.74, 6) is 0. The lowest BCUT2D eigenvalue weighted by Crippen LogP contribution is -2.19. The highest BCUT2D eigenvalue weighted by molar-refractivity contribution is 7.92. The lowest BCUT2D eigenvalue weighted by atomic mass is 10.2. The van der Waals surface area contributed by atoms with Crippen LogP contribution >= 0.6 is 0 Å². The van der Waals surface area contributed by atoms with E-state index in [4.69, 9.17) is 0 Å². The van der Waals surface area contributed by atoms with Crippen molar-refractivity contribution >= 4 is 15.7 Å². The van der Waals surface area contributed by atoms with E-state index in [0.29, 0.717) is 17.8 Å². The van der Waals surface area contributed by atoms with E-state index in [-0.39, 0.29) is 5.03 Å². The normalized spacial score (nSPS) is 11.5. The van der Waals surface area contributed by atoms with Gasteiger partial charge in [0.25, 0.3) is 10.0 Å². The van der Waals surface area contributed by atoms with E-state index in [9.17, 15) is 8.42 Å². The molecule has 0 aliphatic rings. The maximum Gasteiger partial charge on any atom is 0.281 e. The van der Waals surface area contributed by atoms with Crippen LogP contribution in [-0.4, -0.2) is 35.1 Å². The Kier molecular flexibility index (Phi) is 4.30. The van der Waals surface area contributed by atoms with Crippen molar-refractivity contribution in [1.29, 1.82) is 0 Å². The fourth-order valence-electron chi connectivity index (χ4n) is 1.67. The van der Waals surface area contributed by atoms with Gasteiger partial charge < -0.3 is 5.32 Å². The van der Waals surface area contributed by atoms with Gasteiger partial charge in [-0.05, 0) is 13.5 Å². The van der Waals surface area contributed by atoms with Crippen molar-refractivity contribution in [3.63, 3.8) is 0 Å². The van der Waals surface area contributed by atoms with Crippen LogP contribution in [-0.2, 0) is 16.6 Å².